The molecule has 1 aromatic carbocycles. The minimum atomic E-state index is -3.27. The lowest BCUT2D eigenvalue weighted by molar-refractivity contribution is 0.191. The SMILES string of the molecule is CC1CCN(CCCNS(=O)(=O)Cc2ccc(Cl)cc2)CC1. The Labute approximate surface area is 138 Å². The number of hydrogen-bond donors (Lipinski definition) is 1. The number of rotatable bonds is 7. The first-order chi connectivity index (χ1) is 10.4. The van der Waals surface area contributed by atoms with Crippen LogP contribution >= 0.6 is 11.6 Å². The molecule has 4 nitrogen and oxygen atoms in total. The summed E-state index contributed by atoms with van der Waals surface area (Å²) in [6, 6.07) is 6.92. The molecule has 1 saturated heterocycles. The largest absolute Gasteiger partial charge is 0.303 e. The predicted molar refractivity (Wildman–Crippen MR) is 91.5 cm³/mol. The van der Waals surface area contributed by atoms with E-state index in [4.69, 9.17) is 11.6 Å². The lowest BCUT2D eigenvalue weighted by Crippen LogP contribution is -2.35. The number of sulfonamides is 1. The van der Waals surface area contributed by atoms with E-state index in [0.29, 0.717) is 11.6 Å². The van der Waals surface area contributed by atoms with Crippen LogP contribution in [0.4, 0.5) is 0 Å². The summed E-state index contributed by atoms with van der Waals surface area (Å²) in [5.41, 5.74) is 0.752. The van der Waals surface area contributed by atoms with Gasteiger partial charge in [-0.15, -0.1) is 0 Å². The van der Waals surface area contributed by atoms with Crippen molar-refractivity contribution in [2.45, 2.75) is 31.9 Å². The van der Waals surface area contributed by atoms with Gasteiger partial charge in [-0.3, -0.25) is 0 Å². The molecule has 124 valence electrons. The van der Waals surface area contributed by atoms with E-state index in [-0.39, 0.29) is 5.75 Å². The van der Waals surface area contributed by atoms with Crippen LogP contribution in [0.5, 0.6) is 0 Å². The van der Waals surface area contributed by atoms with Gasteiger partial charge in [0.05, 0.1) is 5.75 Å². The van der Waals surface area contributed by atoms with Crippen molar-refractivity contribution in [1.82, 2.24) is 9.62 Å². The van der Waals surface area contributed by atoms with Crippen LogP contribution in [-0.4, -0.2) is 39.5 Å². The van der Waals surface area contributed by atoms with E-state index >= 15 is 0 Å². The summed E-state index contributed by atoms with van der Waals surface area (Å²) in [4.78, 5) is 2.42. The Morgan fingerprint density at radius 3 is 2.50 bits per heavy atom. The highest BCUT2D eigenvalue weighted by Crippen LogP contribution is 2.16. The van der Waals surface area contributed by atoms with Crippen LogP contribution in [-0.2, 0) is 15.8 Å². The number of piperidine rings is 1. The van der Waals surface area contributed by atoms with Crippen LogP contribution in [0.15, 0.2) is 24.3 Å². The van der Waals surface area contributed by atoms with Gasteiger partial charge >= 0.3 is 0 Å². The molecule has 0 aliphatic carbocycles. The average molecular weight is 345 g/mol. The zero-order valence-corrected chi connectivity index (χ0v) is 14.7. The molecule has 22 heavy (non-hydrogen) atoms. The first-order valence-electron chi connectivity index (χ1n) is 7.89. The van der Waals surface area contributed by atoms with Crippen molar-refractivity contribution in [1.29, 1.82) is 0 Å². The number of likely N-dealkylation sites (tertiary alicyclic amines) is 1. The Morgan fingerprint density at radius 1 is 1.23 bits per heavy atom. The summed E-state index contributed by atoms with van der Waals surface area (Å²) in [6.07, 6.45) is 3.36. The van der Waals surface area contributed by atoms with E-state index in [9.17, 15) is 8.42 Å². The van der Waals surface area contributed by atoms with Gasteiger partial charge in [0.25, 0.3) is 0 Å². The highest BCUT2D eigenvalue weighted by Gasteiger charge is 2.15. The molecule has 0 saturated carbocycles. The number of benzene rings is 1. The van der Waals surface area contributed by atoms with Crippen molar-refractivity contribution >= 4 is 21.6 Å². The fourth-order valence-electron chi connectivity index (χ4n) is 2.67. The van der Waals surface area contributed by atoms with E-state index in [1.165, 1.54) is 12.8 Å². The monoisotopic (exact) mass is 344 g/mol. The van der Waals surface area contributed by atoms with Crippen LogP contribution in [0.3, 0.4) is 0 Å². The second kappa shape index (κ2) is 8.29. The Balaban J connectivity index is 1.68. The van der Waals surface area contributed by atoms with Crippen LogP contribution in [0, 0.1) is 5.92 Å². The Kier molecular flexibility index (Phi) is 6.68. The van der Waals surface area contributed by atoms with Crippen LogP contribution < -0.4 is 4.72 Å². The maximum absolute atomic E-state index is 12.0. The van der Waals surface area contributed by atoms with Crippen molar-refractivity contribution in [2.24, 2.45) is 5.92 Å². The lowest BCUT2D eigenvalue weighted by atomic mass is 9.99. The summed E-state index contributed by atoms with van der Waals surface area (Å²) in [5, 5.41) is 0.616. The number of nitrogens with one attached hydrogen (secondary N) is 1. The molecule has 0 amide bonds. The van der Waals surface area contributed by atoms with Crippen LogP contribution in [0.2, 0.25) is 5.02 Å². The second-order valence-corrected chi connectivity index (χ2v) is 8.40. The quantitative estimate of drug-likeness (QED) is 0.774. The highest BCUT2D eigenvalue weighted by atomic mass is 35.5. The summed E-state index contributed by atoms with van der Waals surface area (Å²) in [6.45, 7) is 6.04. The van der Waals surface area contributed by atoms with E-state index in [0.717, 1.165) is 37.5 Å². The van der Waals surface area contributed by atoms with Crippen LogP contribution in [0.1, 0.15) is 31.7 Å². The van der Waals surface area contributed by atoms with Gasteiger partial charge in [0.1, 0.15) is 0 Å². The molecule has 0 spiro atoms. The van der Waals surface area contributed by atoms with Crippen molar-refractivity contribution in [3.05, 3.63) is 34.9 Å². The lowest BCUT2D eigenvalue weighted by Gasteiger charge is -2.30. The number of halogens is 1. The van der Waals surface area contributed by atoms with Gasteiger partial charge in [0, 0.05) is 11.6 Å². The molecular formula is C16H25ClN2O2S. The first-order valence-corrected chi connectivity index (χ1v) is 9.92. The summed E-state index contributed by atoms with van der Waals surface area (Å²) in [7, 11) is -3.27. The molecule has 1 heterocycles. The minimum Gasteiger partial charge on any atom is -0.303 e. The van der Waals surface area contributed by atoms with E-state index in [1.807, 2.05) is 0 Å². The molecule has 1 fully saturated rings. The maximum atomic E-state index is 12.0. The van der Waals surface area contributed by atoms with Gasteiger partial charge in [0.2, 0.25) is 10.0 Å². The van der Waals surface area contributed by atoms with Gasteiger partial charge in [0.15, 0.2) is 0 Å². The molecule has 0 bridgehead atoms. The predicted octanol–water partition coefficient (Wildman–Crippen LogP) is 2.88. The minimum absolute atomic E-state index is 0.00536. The molecule has 1 aliphatic rings. The van der Waals surface area contributed by atoms with Gasteiger partial charge in [-0.1, -0.05) is 30.7 Å². The molecule has 1 aromatic rings. The van der Waals surface area contributed by atoms with Crippen molar-refractivity contribution in [3.63, 3.8) is 0 Å². The summed E-state index contributed by atoms with van der Waals surface area (Å²) in [5.74, 6) is 0.833. The second-order valence-electron chi connectivity index (χ2n) is 6.16. The van der Waals surface area contributed by atoms with Gasteiger partial charge in [-0.05, 0) is 62.5 Å². The molecule has 0 atom stereocenters. The zero-order chi connectivity index (χ0) is 16.0. The smallest absolute Gasteiger partial charge is 0.215 e. The van der Waals surface area contributed by atoms with Crippen molar-refractivity contribution in [3.8, 4) is 0 Å². The molecule has 1 N–H and O–H groups in total. The van der Waals surface area contributed by atoms with E-state index in [2.05, 4.69) is 16.5 Å². The number of nitrogens with zero attached hydrogens (tertiary/aromatic N) is 1. The molecule has 0 aromatic heterocycles. The van der Waals surface area contributed by atoms with Gasteiger partial charge < -0.3 is 4.90 Å². The van der Waals surface area contributed by atoms with E-state index < -0.39 is 10.0 Å². The van der Waals surface area contributed by atoms with Gasteiger partial charge in [-0.2, -0.15) is 0 Å². The van der Waals surface area contributed by atoms with Crippen molar-refractivity contribution in [2.75, 3.05) is 26.2 Å². The molecular weight excluding hydrogens is 320 g/mol. The third-order valence-corrected chi connectivity index (χ3v) is 5.73. The third-order valence-electron chi connectivity index (χ3n) is 4.12. The van der Waals surface area contributed by atoms with Gasteiger partial charge in [-0.25, -0.2) is 13.1 Å². The standard InChI is InChI=1S/C16H25ClN2O2S/c1-14-7-11-19(12-8-14)10-2-9-18-22(20,21)13-15-3-5-16(17)6-4-15/h3-6,14,18H,2,7-13H2,1H3. The molecule has 0 unspecified atom stereocenters. The normalized spacial score (nSPS) is 17.7. The average Bonchev–Trinajstić information content (AvgIpc) is 2.48. The first kappa shape index (κ1) is 17.7. The van der Waals surface area contributed by atoms with Crippen molar-refractivity contribution < 1.29 is 8.42 Å². The Morgan fingerprint density at radius 2 is 1.86 bits per heavy atom. The molecule has 2 rings (SSSR count). The third kappa shape index (κ3) is 6.24. The highest BCUT2D eigenvalue weighted by molar-refractivity contribution is 7.88. The number of hydrogen-bond acceptors (Lipinski definition) is 3. The zero-order valence-electron chi connectivity index (χ0n) is 13.1. The summed E-state index contributed by atoms with van der Waals surface area (Å²) >= 11 is 5.80. The Bertz CT molecular complexity index is 552. The topological polar surface area (TPSA) is 49.4 Å². The molecule has 6 heteroatoms. The maximum Gasteiger partial charge on any atom is 0.215 e. The summed E-state index contributed by atoms with van der Waals surface area (Å²) < 4.78 is 26.7. The fourth-order valence-corrected chi connectivity index (χ4v) is 3.98. The molecule has 0 radical (unpaired) electrons. The fraction of sp³-hybridized carbons (Fsp3) is 0.625. The van der Waals surface area contributed by atoms with Crippen LogP contribution in [0.25, 0.3) is 0 Å². The van der Waals surface area contributed by atoms with E-state index in [1.54, 1.807) is 24.3 Å². The Hall–Kier alpha value is -0.620. The molecule has 1 aliphatic heterocycles.